The zero-order valence-electron chi connectivity index (χ0n) is 9.95. The summed E-state index contributed by atoms with van der Waals surface area (Å²) in [6, 6.07) is 19.5. The Bertz CT molecular complexity index is 532. The third-order valence-electron chi connectivity index (χ3n) is 2.51. The predicted octanol–water partition coefficient (Wildman–Crippen LogP) is 3.06. The molecule has 0 aliphatic carbocycles. The molecule has 0 amide bonds. The maximum atomic E-state index is 7.61. The number of hydrogen-bond acceptors (Lipinski definition) is 1. The fraction of sp³-hybridized carbons (Fsp3) is 0. The third kappa shape index (κ3) is 2.98. The molecule has 0 saturated carbocycles. The van der Waals surface area contributed by atoms with Crippen LogP contribution in [-0.2, 0) is 0 Å². The van der Waals surface area contributed by atoms with E-state index in [4.69, 9.17) is 11.1 Å². The Kier molecular flexibility index (Phi) is 3.76. The van der Waals surface area contributed by atoms with E-state index in [1.165, 1.54) is 0 Å². The average Bonchev–Trinajstić information content (AvgIpc) is 2.41. The van der Waals surface area contributed by atoms with Crippen LogP contribution in [0.5, 0.6) is 0 Å². The van der Waals surface area contributed by atoms with Gasteiger partial charge in [0, 0.05) is 11.9 Å². The van der Waals surface area contributed by atoms with Crippen molar-refractivity contribution in [3.05, 3.63) is 72.4 Å². The number of anilines is 1. The Morgan fingerprint density at radius 3 is 2.06 bits per heavy atom. The van der Waals surface area contributed by atoms with E-state index in [2.05, 4.69) is 0 Å². The summed E-state index contributed by atoms with van der Waals surface area (Å²) in [5.74, 6) is -0.00613. The molecule has 3 N–H and O–H groups in total. The van der Waals surface area contributed by atoms with Crippen molar-refractivity contribution in [1.29, 1.82) is 5.41 Å². The lowest BCUT2D eigenvalue weighted by Crippen LogP contribution is -2.31. The fourth-order valence-corrected chi connectivity index (χ4v) is 1.62. The number of rotatable bonds is 3. The van der Waals surface area contributed by atoms with Crippen molar-refractivity contribution < 1.29 is 0 Å². The van der Waals surface area contributed by atoms with Gasteiger partial charge in [0.05, 0.1) is 0 Å². The number of nitrogens with one attached hydrogen (secondary N) is 1. The van der Waals surface area contributed by atoms with Gasteiger partial charge in [-0.2, -0.15) is 0 Å². The smallest absolute Gasteiger partial charge is 0.197 e. The molecule has 0 radical (unpaired) electrons. The molecular formula is C15H15N3. The number of guanidine groups is 1. The summed E-state index contributed by atoms with van der Waals surface area (Å²) in [6.07, 6.45) is 3.72. The lowest BCUT2D eigenvalue weighted by molar-refractivity contribution is 1.26. The zero-order valence-corrected chi connectivity index (χ0v) is 9.95. The normalized spacial score (nSPS) is 10.4. The predicted molar refractivity (Wildman–Crippen MR) is 76.3 cm³/mol. The summed E-state index contributed by atoms with van der Waals surface area (Å²) in [4.78, 5) is 1.63. The van der Waals surface area contributed by atoms with Crippen LogP contribution >= 0.6 is 0 Å². The topological polar surface area (TPSA) is 53.1 Å². The molecule has 0 atom stereocenters. The second-order valence-corrected chi connectivity index (χ2v) is 3.82. The molecule has 18 heavy (non-hydrogen) atoms. The van der Waals surface area contributed by atoms with Crippen molar-refractivity contribution in [2.45, 2.75) is 0 Å². The molecule has 2 rings (SSSR count). The Labute approximate surface area is 107 Å². The Balaban J connectivity index is 2.23. The summed E-state index contributed by atoms with van der Waals surface area (Å²) in [5, 5.41) is 7.61. The van der Waals surface area contributed by atoms with Crippen LogP contribution in [0.3, 0.4) is 0 Å². The minimum Gasteiger partial charge on any atom is -0.369 e. The van der Waals surface area contributed by atoms with Gasteiger partial charge in [-0.1, -0.05) is 48.5 Å². The van der Waals surface area contributed by atoms with Gasteiger partial charge in [-0.15, -0.1) is 0 Å². The summed E-state index contributed by atoms with van der Waals surface area (Å²) in [5.41, 5.74) is 7.53. The molecule has 0 unspecified atom stereocenters. The van der Waals surface area contributed by atoms with Gasteiger partial charge in [0.2, 0.25) is 0 Å². The molecule has 0 heterocycles. The van der Waals surface area contributed by atoms with Gasteiger partial charge >= 0.3 is 0 Å². The van der Waals surface area contributed by atoms with Crippen LogP contribution in [0.25, 0.3) is 6.08 Å². The van der Waals surface area contributed by atoms with Crippen molar-refractivity contribution in [2.24, 2.45) is 5.73 Å². The first-order chi connectivity index (χ1) is 8.77. The highest BCUT2D eigenvalue weighted by atomic mass is 15.2. The van der Waals surface area contributed by atoms with Gasteiger partial charge in [-0.05, 0) is 23.8 Å². The van der Waals surface area contributed by atoms with Gasteiger partial charge < -0.3 is 5.73 Å². The molecule has 3 heteroatoms. The van der Waals surface area contributed by atoms with Crippen LogP contribution in [0.15, 0.2) is 66.9 Å². The van der Waals surface area contributed by atoms with Crippen molar-refractivity contribution >= 4 is 17.7 Å². The number of nitrogens with zero attached hydrogens (tertiary/aromatic N) is 1. The molecule has 0 fully saturated rings. The molecule has 90 valence electrons. The van der Waals surface area contributed by atoms with E-state index < -0.39 is 0 Å². The highest BCUT2D eigenvalue weighted by Crippen LogP contribution is 2.14. The summed E-state index contributed by atoms with van der Waals surface area (Å²) < 4.78 is 0. The first-order valence-corrected chi connectivity index (χ1v) is 5.69. The van der Waals surface area contributed by atoms with Crippen LogP contribution in [0.1, 0.15) is 5.56 Å². The quantitative estimate of drug-likeness (QED) is 0.636. The first kappa shape index (κ1) is 11.9. The van der Waals surface area contributed by atoms with Crippen molar-refractivity contribution in [2.75, 3.05) is 4.90 Å². The van der Waals surface area contributed by atoms with E-state index in [-0.39, 0.29) is 5.96 Å². The minimum absolute atomic E-state index is 0.00613. The van der Waals surface area contributed by atoms with E-state index in [0.717, 1.165) is 11.3 Å². The largest absolute Gasteiger partial charge is 0.369 e. The van der Waals surface area contributed by atoms with Crippen LogP contribution in [0, 0.1) is 5.41 Å². The minimum atomic E-state index is -0.00613. The molecule has 3 nitrogen and oxygen atoms in total. The van der Waals surface area contributed by atoms with E-state index in [1.54, 1.807) is 11.1 Å². The highest BCUT2D eigenvalue weighted by Gasteiger charge is 2.04. The van der Waals surface area contributed by atoms with Crippen molar-refractivity contribution in [3.63, 3.8) is 0 Å². The maximum Gasteiger partial charge on any atom is 0.197 e. The lowest BCUT2D eigenvalue weighted by atomic mass is 10.2. The number of benzene rings is 2. The van der Waals surface area contributed by atoms with E-state index in [1.807, 2.05) is 66.7 Å². The van der Waals surface area contributed by atoms with E-state index >= 15 is 0 Å². The molecule has 0 saturated heterocycles. The van der Waals surface area contributed by atoms with Crippen LogP contribution in [0.4, 0.5) is 5.69 Å². The van der Waals surface area contributed by atoms with Crippen LogP contribution in [0.2, 0.25) is 0 Å². The zero-order chi connectivity index (χ0) is 12.8. The Hall–Kier alpha value is -2.55. The lowest BCUT2D eigenvalue weighted by Gasteiger charge is -2.17. The SMILES string of the molecule is N=C(N)N(/C=C/c1ccccc1)c1ccccc1. The number of hydrogen-bond donors (Lipinski definition) is 2. The van der Waals surface area contributed by atoms with Gasteiger partial charge in [-0.3, -0.25) is 10.3 Å². The highest BCUT2D eigenvalue weighted by molar-refractivity contribution is 5.95. The van der Waals surface area contributed by atoms with Crippen molar-refractivity contribution in [1.82, 2.24) is 0 Å². The van der Waals surface area contributed by atoms with Crippen LogP contribution in [-0.4, -0.2) is 5.96 Å². The summed E-state index contributed by atoms with van der Waals surface area (Å²) in [7, 11) is 0. The molecule has 0 bridgehead atoms. The average molecular weight is 237 g/mol. The molecule has 0 aromatic heterocycles. The fourth-order valence-electron chi connectivity index (χ4n) is 1.62. The van der Waals surface area contributed by atoms with E-state index in [0.29, 0.717) is 0 Å². The number of nitrogens with two attached hydrogens (primary N) is 1. The monoisotopic (exact) mass is 237 g/mol. The van der Waals surface area contributed by atoms with Crippen molar-refractivity contribution in [3.8, 4) is 0 Å². The van der Waals surface area contributed by atoms with Gasteiger partial charge in [-0.25, -0.2) is 0 Å². The molecule has 0 spiro atoms. The summed E-state index contributed by atoms with van der Waals surface area (Å²) >= 11 is 0. The first-order valence-electron chi connectivity index (χ1n) is 5.69. The Morgan fingerprint density at radius 2 is 1.50 bits per heavy atom. The third-order valence-corrected chi connectivity index (χ3v) is 2.51. The molecular weight excluding hydrogens is 222 g/mol. The van der Waals surface area contributed by atoms with E-state index in [9.17, 15) is 0 Å². The Morgan fingerprint density at radius 1 is 0.944 bits per heavy atom. The second-order valence-electron chi connectivity index (χ2n) is 3.82. The summed E-state index contributed by atoms with van der Waals surface area (Å²) in [6.45, 7) is 0. The second kappa shape index (κ2) is 5.68. The molecule has 2 aromatic rings. The molecule has 0 aliphatic heterocycles. The van der Waals surface area contributed by atoms with Gasteiger partial charge in [0.15, 0.2) is 5.96 Å². The van der Waals surface area contributed by atoms with Gasteiger partial charge in [0.25, 0.3) is 0 Å². The number of para-hydroxylation sites is 1. The molecule has 0 aliphatic rings. The maximum absolute atomic E-state index is 7.61. The standard InChI is InChI=1S/C15H15N3/c16-15(17)18(14-9-5-2-6-10-14)12-11-13-7-3-1-4-8-13/h1-12H,(H3,16,17)/b12-11+. The van der Waals surface area contributed by atoms with Gasteiger partial charge in [0.1, 0.15) is 0 Å². The molecule has 2 aromatic carbocycles. The van der Waals surface area contributed by atoms with Crippen LogP contribution < -0.4 is 10.6 Å².